The Kier molecular flexibility index (Phi) is 5.33. The number of hydrazine groups is 1. The number of benzene rings is 1. The van der Waals surface area contributed by atoms with Gasteiger partial charge in [0.15, 0.2) is 0 Å². The van der Waals surface area contributed by atoms with E-state index < -0.39 is 10.0 Å². The lowest BCUT2D eigenvalue weighted by molar-refractivity contribution is 0.587. The van der Waals surface area contributed by atoms with E-state index in [0.29, 0.717) is 5.92 Å². The first-order chi connectivity index (χ1) is 10.8. The summed E-state index contributed by atoms with van der Waals surface area (Å²) < 4.78 is 24.6. The van der Waals surface area contributed by atoms with Gasteiger partial charge in [0.1, 0.15) is 0 Å². The molecule has 0 spiro atoms. The number of nitrogens with one attached hydrogen (secondary N) is 2. The molecule has 1 heterocycles. The molecule has 2 aromatic rings. The summed E-state index contributed by atoms with van der Waals surface area (Å²) in [5, 5.41) is 0. The van der Waals surface area contributed by atoms with Crippen LogP contribution >= 0.6 is 0 Å². The summed E-state index contributed by atoms with van der Waals surface area (Å²) in [6.07, 6.45) is 1.01. The number of hydrogen-bond donors (Lipinski definition) is 2. The smallest absolute Gasteiger partial charge is 0.257 e. The molecule has 0 aliphatic rings. The van der Waals surface area contributed by atoms with Gasteiger partial charge in [-0.05, 0) is 49.9 Å². The first-order valence-electron chi connectivity index (χ1n) is 7.52. The number of aryl methyl sites for hydroxylation is 2. The van der Waals surface area contributed by atoms with Gasteiger partial charge in [-0.3, -0.25) is 5.43 Å². The summed E-state index contributed by atoms with van der Waals surface area (Å²) in [6, 6.07) is 8.71. The zero-order valence-electron chi connectivity index (χ0n) is 13.8. The van der Waals surface area contributed by atoms with E-state index in [1.807, 2.05) is 32.0 Å². The van der Waals surface area contributed by atoms with Crippen LogP contribution in [0.25, 0.3) is 0 Å². The van der Waals surface area contributed by atoms with E-state index in [2.05, 4.69) is 34.1 Å². The van der Waals surface area contributed by atoms with Gasteiger partial charge < -0.3 is 0 Å². The highest BCUT2D eigenvalue weighted by Gasteiger charge is 2.15. The molecule has 7 heteroatoms. The van der Waals surface area contributed by atoms with Crippen LogP contribution in [0.15, 0.2) is 35.2 Å². The number of sulfonamides is 1. The molecule has 0 aliphatic carbocycles. The van der Waals surface area contributed by atoms with Gasteiger partial charge in [0, 0.05) is 11.4 Å². The van der Waals surface area contributed by atoms with Gasteiger partial charge in [0.05, 0.1) is 4.90 Å². The number of hydrogen-bond acceptors (Lipinski definition) is 5. The predicted molar refractivity (Wildman–Crippen MR) is 90.6 cm³/mol. The second-order valence-electron chi connectivity index (χ2n) is 5.58. The fourth-order valence-electron chi connectivity index (χ4n) is 2.16. The molecule has 1 atom stereocenters. The lowest BCUT2D eigenvalue weighted by atomic mass is 9.99. The Morgan fingerprint density at radius 1 is 1.09 bits per heavy atom. The van der Waals surface area contributed by atoms with Crippen LogP contribution in [-0.4, -0.2) is 18.4 Å². The zero-order chi connectivity index (χ0) is 17.0. The molecular formula is C16H22N4O2S. The van der Waals surface area contributed by atoms with Crippen LogP contribution in [0.3, 0.4) is 0 Å². The molecule has 2 rings (SSSR count). The molecule has 0 aliphatic heterocycles. The topological polar surface area (TPSA) is 84.0 Å². The second-order valence-corrected chi connectivity index (χ2v) is 7.27. The molecule has 0 amide bonds. The average molecular weight is 334 g/mol. The summed E-state index contributed by atoms with van der Waals surface area (Å²) >= 11 is 0. The van der Waals surface area contributed by atoms with Crippen molar-refractivity contribution in [1.82, 2.24) is 14.8 Å². The maximum absolute atomic E-state index is 12.3. The van der Waals surface area contributed by atoms with Gasteiger partial charge in [-0.25, -0.2) is 18.4 Å². The van der Waals surface area contributed by atoms with Crippen molar-refractivity contribution in [1.29, 1.82) is 0 Å². The lowest BCUT2D eigenvalue weighted by Crippen LogP contribution is -2.30. The van der Waals surface area contributed by atoms with Gasteiger partial charge in [0.25, 0.3) is 10.0 Å². The molecular weight excluding hydrogens is 312 g/mol. The first-order valence-corrected chi connectivity index (χ1v) is 9.00. The van der Waals surface area contributed by atoms with Crippen LogP contribution in [0, 0.1) is 13.8 Å². The van der Waals surface area contributed by atoms with Gasteiger partial charge in [-0.15, -0.1) is 4.83 Å². The van der Waals surface area contributed by atoms with Gasteiger partial charge >= 0.3 is 0 Å². The predicted octanol–water partition coefficient (Wildman–Crippen LogP) is 2.91. The largest absolute Gasteiger partial charge is 0.276 e. The third kappa shape index (κ3) is 4.49. The van der Waals surface area contributed by atoms with Crippen molar-refractivity contribution < 1.29 is 8.42 Å². The fourth-order valence-corrected chi connectivity index (χ4v) is 3.00. The van der Waals surface area contributed by atoms with Gasteiger partial charge in [0.2, 0.25) is 5.95 Å². The first kappa shape index (κ1) is 17.4. The highest BCUT2D eigenvalue weighted by molar-refractivity contribution is 7.89. The van der Waals surface area contributed by atoms with Crippen LogP contribution in [0.1, 0.15) is 43.1 Å². The summed E-state index contributed by atoms with van der Waals surface area (Å²) in [6.45, 7) is 7.86. The maximum atomic E-state index is 12.3. The van der Waals surface area contributed by atoms with Crippen LogP contribution in [-0.2, 0) is 10.0 Å². The van der Waals surface area contributed by atoms with Crippen molar-refractivity contribution in [2.75, 3.05) is 5.43 Å². The van der Waals surface area contributed by atoms with Crippen molar-refractivity contribution in [2.24, 2.45) is 0 Å². The summed E-state index contributed by atoms with van der Waals surface area (Å²) in [7, 11) is -3.67. The summed E-state index contributed by atoms with van der Waals surface area (Å²) in [5.41, 5.74) is 5.20. The van der Waals surface area contributed by atoms with E-state index in [-0.39, 0.29) is 10.8 Å². The van der Waals surface area contributed by atoms with Crippen LogP contribution in [0.4, 0.5) is 5.95 Å². The highest BCUT2D eigenvalue weighted by atomic mass is 32.2. The Morgan fingerprint density at radius 3 is 2.17 bits per heavy atom. The average Bonchev–Trinajstić information content (AvgIpc) is 2.51. The minimum Gasteiger partial charge on any atom is -0.276 e. The SMILES string of the molecule is CC[C@H](C)c1ccc(S(=O)(=O)NNc2nc(C)cc(C)n2)cc1. The van der Waals surface area contributed by atoms with E-state index >= 15 is 0 Å². The monoisotopic (exact) mass is 334 g/mol. The van der Waals surface area contributed by atoms with E-state index in [9.17, 15) is 8.42 Å². The molecule has 23 heavy (non-hydrogen) atoms. The number of anilines is 1. The third-order valence-electron chi connectivity index (χ3n) is 3.65. The Morgan fingerprint density at radius 2 is 1.65 bits per heavy atom. The number of nitrogens with zero attached hydrogens (tertiary/aromatic N) is 2. The second kappa shape index (κ2) is 7.06. The Balaban J connectivity index is 2.12. The molecule has 1 aromatic heterocycles. The van der Waals surface area contributed by atoms with Crippen molar-refractivity contribution in [3.05, 3.63) is 47.3 Å². The molecule has 0 unspecified atom stereocenters. The van der Waals surface area contributed by atoms with Gasteiger partial charge in [-0.2, -0.15) is 0 Å². The van der Waals surface area contributed by atoms with Crippen LogP contribution < -0.4 is 10.3 Å². The van der Waals surface area contributed by atoms with E-state index in [0.717, 1.165) is 23.4 Å². The Labute approximate surface area is 137 Å². The molecule has 6 nitrogen and oxygen atoms in total. The van der Waals surface area contributed by atoms with Crippen molar-refractivity contribution >= 4 is 16.0 Å². The van der Waals surface area contributed by atoms with Gasteiger partial charge in [-0.1, -0.05) is 26.0 Å². The molecule has 124 valence electrons. The summed E-state index contributed by atoms with van der Waals surface area (Å²) in [5.74, 6) is 0.629. The molecule has 0 radical (unpaired) electrons. The standard InChI is InChI=1S/C16H22N4O2S/c1-5-11(2)14-6-8-15(9-7-14)23(21,22)20-19-16-17-12(3)10-13(4)18-16/h6-11,20H,5H2,1-4H3,(H,17,18,19)/t11-/m0/s1. The van der Waals surface area contributed by atoms with E-state index in [4.69, 9.17) is 0 Å². The van der Waals surface area contributed by atoms with Crippen molar-refractivity contribution in [2.45, 2.75) is 44.9 Å². The van der Waals surface area contributed by atoms with Crippen LogP contribution in [0.5, 0.6) is 0 Å². The molecule has 2 N–H and O–H groups in total. The lowest BCUT2D eigenvalue weighted by Gasteiger charge is -2.11. The van der Waals surface area contributed by atoms with Crippen LogP contribution in [0.2, 0.25) is 0 Å². The number of aromatic nitrogens is 2. The third-order valence-corrected chi connectivity index (χ3v) is 4.91. The number of rotatable bonds is 6. The molecule has 0 saturated heterocycles. The minimum atomic E-state index is -3.67. The minimum absolute atomic E-state index is 0.196. The molecule has 0 bridgehead atoms. The maximum Gasteiger partial charge on any atom is 0.257 e. The molecule has 1 aromatic carbocycles. The van der Waals surface area contributed by atoms with Crippen molar-refractivity contribution in [3.8, 4) is 0 Å². The highest BCUT2D eigenvalue weighted by Crippen LogP contribution is 2.20. The van der Waals surface area contributed by atoms with Crippen molar-refractivity contribution in [3.63, 3.8) is 0 Å². The zero-order valence-corrected chi connectivity index (χ0v) is 14.6. The molecule has 0 fully saturated rings. The Bertz CT molecular complexity index is 753. The van der Waals surface area contributed by atoms with E-state index in [1.54, 1.807) is 12.1 Å². The van der Waals surface area contributed by atoms with E-state index in [1.165, 1.54) is 0 Å². The Hall–Kier alpha value is -1.99. The quantitative estimate of drug-likeness (QED) is 0.794. The summed E-state index contributed by atoms with van der Waals surface area (Å²) in [4.78, 5) is 10.8. The fraction of sp³-hybridized carbons (Fsp3) is 0.375. The molecule has 0 saturated carbocycles. The normalized spacial score (nSPS) is 12.9.